The molecule has 0 fully saturated rings. The molecule has 27 heavy (non-hydrogen) atoms. The summed E-state index contributed by atoms with van der Waals surface area (Å²) in [6, 6.07) is 15.0. The number of amides is 1. The molecule has 2 aromatic carbocycles. The van der Waals surface area contributed by atoms with E-state index in [-0.39, 0.29) is 30.0 Å². The van der Waals surface area contributed by atoms with Crippen molar-refractivity contribution < 1.29 is 9.21 Å². The van der Waals surface area contributed by atoms with Gasteiger partial charge in [0.15, 0.2) is 0 Å². The average Bonchev–Trinajstić information content (AvgIpc) is 3.07. The lowest BCUT2D eigenvalue weighted by Crippen LogP contribution is -2.23. The Balaban J connectivity index is 1.53. The summed E-state index contributed by atoms with van der Waals surface area (Å²) in [6.45, 7) is 0.228. The van der Waals surface area contributed by atoms with Gasteiger partial charge in [0.25, 0.3) is 5.56 Å². The van der Waals surface area contributed by atoms with Crippen molar-refractivity contribution in [2.75, 3.05) is 11.6 Å². The highest BCUT2D eigenvalue weighted by atomic mass is 32.2. The molecule has 0 unspecified atom stereocenters. The van der Waals surface area contributed by atoms with Crippen LogP contribution in [0.15, 0.2) is 69.0 Å². The van der Waals surface area contributed by atoms with E-state index < -0.39 is 0 Å². The molecule has 0 saturated heterocycles. The molecule has 1 amide bonds. The first-order valence-electron chi connectivity index (χ1n) is 8.47. The fraction of sp³-hybridized carbons (Fsp3) is 0.150. The standard InChI is InChI=1S/C20H17N3O3S/c1-27-16-9-5-3-7-14(16)22-17(24)10-11-23-12-21-18-13-6-2-4-8-15(13)26-19(18)20(23)25/h2-9,12H,10-11H2,1H3,(H,22,24). The number of aromatic nitrogens is 2. The third kappa shape index (κ3) is 3.33. The van der Waals surface area contributed by atoms with Gasteiger partial charge in [0, 0.05) is 23.2 Å². The average molecular weight is 379 g/mol. The minimum absolute atomic E-state index is 0.159. The molecule has 0 aliphatic rings. The summed E-state index contributed by atoms with van der Waals surface area (Å²) in [7, 11) is 0. The third-order valence-electron chi connectivity index (χ3n) is 4.31. The number of carbonyl (C=O) groups is 1. The Morgan fingerprint density at radius 3 is 2.81 bits per heavy atom. The normalized spacial score (nSPS) is 11.1. The van der Waals surface area contributed by atoms with Crippen molar-refractivity contribution in [2.24, 2.45) is 0 Å². The Bertz CT molecular complexity index is 1200. The highest BCUT2D eigenvalue weighted by Gasteiger charge is 2.14. The first-order chi connectivity index (χ1) is 13.2. The largest absolute Gasteiger partial charge is 0.448 e. The highest BCUT2D eigenvalue weighted by Crippen LogP contribution is 2.25. The zero-order valence-corrected chi connectivity index (χ0v) is 15.5. The van der Waals surface area contributed by atoms with Gasteiger partial charge in [0.05, 0.1) is 12.0 Å². The Morgan fingerprint density at radius 2 is 1.96 bits per heavy atom. The molecular formula is C20H17N3O3S. The number of nitrogens with zero attached hydrogens (tertiary/aromatic N) is 2. The van der Waals surface area contributed by atoms with E-state index >= 15 is 0 Å². The molecule has 4 aromatic rings. The van der Waals surface area contributed by atoms with Crippen molar-refractivity contribution >= 4 is 45.4 Å². The second kappa shape index (κ2) is 7.28. The van der Waals surface area contributed by atoms with Gasteiger partial charge < -0.3 is 9.73 Å². The molecule has 2 aromatic heterocycles. The van der Waals surface area contributed by atoms with Gasteiger partial charge in [-0.05, 0) is 30.5 Å². The molecule has 6 nitrogen and oxygen atoms in total. The predicted octanol–water partition coefficient (Wildman–Crippen LogP) is 3.89. The predicted molar refractivity (Wildman–Crippen MR) is 107 cm³/mol. The van der Waals surface area contributed by atoms with Crippen LogP contribution in [0.2, 0.25) is 0 Å². The van der Waals surface area contributed by atoms with Crippen molar-refractivity contribution in [2.45, 2.75) is 17.9 Å². The summed E-state index contributed by atoms with van der Waals surface area (Å²) in [4.78, 5) is 30.3. The van der Waals surface area contributed by atoms with E-state index in [1.54, 1.807) is 17.8 Å². The minimum Gasteiger partial charge on any atom is -0.448 e. The second-order valence-corrected chi connectivity index (χ2v) is 6.87. The molecule has 7 heteroatoms. The monoisotopic (exact) mass is 379 g/mol. The van der Waals surface area contributed by atoms with E-state index in [4.69, 9.17) is 4.42 Å². The van der Waals surface area contributed by atoms with Gasteiger partial charge in [-0.15, -0.1) is 11.8 Å². The number of anilines is 1. The maximum Gasteiger partial charge on any atom is 0.297 e. The van der Waals surface area contributed by atoms with Gasteiger partial charge in [-0.25, -0.2) is 4.98 Å². The summed E-state index contributed by atoms with van der Waals surface area (Å²) in [5.41, 5.74) is 1.88. The van der Waals surface area contributed by atoms with E-state index in [2.05, 4.69) is 10.3 Å². The summed E-state index contributed by atoms with van der Waals surface area (Å²) >= 11 is 1.57. The van der Waals surface area contributed by atoms with Crippen LogP contribution < -0.4 is 10.9 Å². The third-order valence-corrected chi connectivity index (χ3v) is 5.11. The fourth-order valence-electron chi connectivity index (χ4n) is 2.96. The number of furan rings is 1. The van der Waals surface area contributed by atoms with Gasteiger partial charge in [-0.3, -0.25) is 14.2 Å². The summed E-state index contributed by atoms with van der Waals surface area (Å²) in [5.74, 6) is -0.159. The van der Waals surface area contributed by atoms with E-state index in [0.717, 1.165) is 16.0 Å². The van der Waals surface area contributed by atoms with Crippen LogP contribution in [-0.2, 0) is 11.3 Å². The lowest BCUT2D eigenvalue weighted by Gasteiger charge is -2.09. The first-order valence-corrected chi connectivity index (χ1v) is 9.69. The number of thioether (sulfide) groups is 1. The topological polar surface area (TPSA) is 77.1 Å². The molecule has 0 aliphatic heterocycles. The number of aryl methyl sites for hydroxylation is 1. The highest BCUT2D eigenvalue weighted by molar-refractivity contribution is 7.98. The first kappa shape index (κ1) is 17.4. The van der Waals surface area contributed by atoms with Gasteiger partial charge in [0.2, 0.25) is 11.5 Å². The van der Waals surface area contributed by atoms with E-state index in [9.17, 15) is 9.59 Å². The molecule has 1 N–H and O–H groups in total. The number of para-hydroxylation sites is 2. The Labute approximate surface area is 159 Å². The number of hydrogen-bond donors (Lipinski definition) is 1. The number of rotatable bonds is 5. The summed E-state index contributed by atoms with van der Waals surface area (Å²) in [6.07, 6.45) is 3.59. The summed E-state index contributed by atoms with van der Waals surface area (Å²) < 4.78 is 7.06. The molecule has 136 valence electrons. The van der Waals surface area contributed by atoms with Crippen molar-refractivity contribution in [3.63, 3.8) is 0 Å². The van der Waals surface area contributed by atoms with E-state index in [1.165, 1.54) is 10.9 Å². The van der Waals surface area contributed by atoms with Gasteiger partial charge >= 0.3 is 0 Å². The fourth-order valence-corrected chi connectivity index (χ4v) is 3.51. The van der Waals surface area contributed by atoms with Crippen LogP contribution in [0.4, 0.5) is 5.69 Å². The molecule has 0 spiro atoms. The number of fused-ring (bicyclic) bond motifs is 3. The molecule has 4 rings (SSSR count). The van der Waals surface area contributed by atoms with Crippen LogP contribution in [-0.4, -0.2) is 21.7 Å². The number of benzene rings is 2. The van der Waals surface area contributed by atoms with Gasteiger partial charge in [-0.2, -0.15) is 0 Å². The van der Waals surface area contributed by atoms with Crippen LogP contribution in [0.3, 0.4) is 0 Å². The van der Waals surface area contributed by atoms with Crippen LogP contribution in [0.25, 0.3) is 22.1 Å². The van der Waals surface area contributed by atoms with Crippen LogP contribution in [0.5, 0.6) is 0 Å². The van der Waals surface area contributed by atoms with Crippen molar-refractivity contribution in [3.8, 4) is 0 Å². The SMILES string of the molecule is CSc1ccccc1NC(=O)CCn1cnc2c(oc3ccccc32)c1=O. The zero-order valence-electron chi connectivity index (χ0n) is 14.6. The van der Waals surface area contributed by atoms with Gasteiger partial charge in [0.1, 0.15) is 11.1 Å². The van der Waals surface area contributed by atoms with Gasteiger partial charge in [-0.1, -0.05) is 24.3 Å². The lowest BCUT2D eigenvalue weighted by atomic mass is 10.2. The number of nitrogens with one attached hydrogen (secondary N) is 1. The molecule has 0 aliphatic carbocycles. The molecule has 2 heterocycles. The number of carbonyl (C=O) groups excluding carboxylic acids is 1. The minimum atomic E-state index is -0.284. The maximum atomic E-state index is 12.7. The van der Waals surface area contributed by atoms with E-state index in [0.29, 0.717) is 11.1 Å². The molecule has 0 radical (unpaired) electrons. The molecule has 0 bridgehead atoms. The van der Waals surface area contributed by atoms with E-state index in [1.807, 2.05) is 48.7 Å². The Hall–Kier alpha value is -3.06. The van der Waals surface area contributed by atoms with Crippen molar-refractivity contribution in [1.29, 1.82) is 0 Å². The molecular weight excluding hydrogens is 362 g/mol. The lowest BCUT2D eigenvalue weighted by molar-refractivity contribution is -0.116. The van der Waals surface area contributed by atoms with Crippen LogP contribution in [0, 0.1) is 0 Å². The van der Waals surface area contributed by atoms with Crippen molar-refractivity contribution in [1.82, 2.24) is 9.55 Å². The molecule has 0 saturated carbocycles. The van der Waals surface area contributed by atoms with Crippen LogP contribution in [0.1, 0.15) is 6.42 Å². The Kier molecular flexibility index (Phi) is 4.68. The van der Waals surface area contributed by atoms with Crippen LogP contribution >= 0.6 is 11.8 Å². The zero-order chi connectivity index (χ0) is 18.8. The molecule has 0 atom stereocenters. The Morgan fingerprint density at radius 1 is 1.19 bits per heavy atom. The second-order valence-electron chi connectivity index (χ2n) is 6.02. The smallest absolute Gasteiger partial charge is 0.297 e. The quantitative estimate of drug-likeness (QED) is 0.532. The summed E-state index contributed by atoms with van der Waals surface area (Å²) in [5, 5.41) is 3.70. The number of hydrogen-bond acceptors (Lipinski definition) is 5. The van der Waals surface area contributed by atoms with Crippen molar-refractivity contribution in [3.05, 3.63) is 65.2 Å². The maximum absolute atomic E-state index is 12.7.